The second-order valence-corrected chi connectivity index (χ2v) is 7.45. The zero-order chi connectivity index (χ0) is 19.8. The first-order valence-corrected chi connectivity index (χ1v) is 8.94. The highest BCUT2D eigenvalue weighted by Gasteiger charge is 2.51. The predicted octanol–water partition coefficient (Wildman–Crippen LogP) is 4.61. The molecule has 0 spiro atoms. The molecule has 1 amide bonds. The lowest BCUT2D eigenvalue weighted by atomic mass is 9.93. The van der Waals surface area contributed by atoms with E-state index in [-0.39, 0.29) is 12.1 Å². The van der Waals surface area contributed by atoms with Gasteiger partial charge in [-0.25, -0.2) is 5.01 Å². The first-order valence-electron chi connectivity index (χ1n) is 8.94. The molecule has 0 bridgehead atoms. The second kappa shape index (κ2) is 7.03. The third-order valence-electron chi connectivity index (χ3n) is 4.70. The number of nitrogens with zero attached hydrogens (tertiary/aromatic N) is 1. The van der Waals surface area contributed by atoms with E-state index in [2.05, 4.69) is 5.43 Å². The molecule has 0 aliphatic carbocycles. The Bertz CT molecular complexity index is 843. The molecule has 1 aliphatic heterocycles. The van der Waals surface area contributed by atoms with E-state index in [1.807, 2.05) is 6.92 Å². The quantitative estimate of drug-likeness (QED) is 0.824. The summed E-state index contributed by atoms with van der Waals surface area (Å²) in [7, 11) is 0. The Balaban J connectivity index is 2.16. The van der Waals surface area contributed by atoms with E-state index in [0.29, 0.717) is 23.1 Å². The zero-order valence-corrected chi connectivity index (χ0v) is 15.6. The smallest absolute Gasteiger partial charge is 0.409 e. The van der Waals surface area contributed by atoms with E-state index in [1.54, 1.807) is 44.2 Å². The summed E-state index contributed by atoms with van der Waals surface area (Å²) < 4.78 is 48.1. The first kappa shape index (κ1) is 19.5. The van der Waals surface area contributed by atoms with E-state index in [0.717, 1.165) is 11.4 Å². The van der Waals surface area contributed by atoms with Crippen molar-refractivity contribution in [1.82, 2.24) is 10.4 Å². The van der Waals surface area contributed by atoms with Crippen LogP contribution in [0.1, 0.15) is 38.8 Å². The van der Waals surface area contributed by atoms with Gasteiger partial charge in [0, 0.05) is 11.9 Å². The Morgan fingerprint density at radius 1 is 1.22 bits per heavy atom. The van der Waals surface area contributed by atoms with Crippen molar-refractivity contribution >= 4 is 16.7 Å². The van der Waals surface area contributed by atoms with Crippen molar-refractivity contribution in [2.75, 3.05) is 13.2 Å². The second-order valence-electron chi connectivity index (χ2n) is 7.45. The number of alkyl halides is 3. The molecule has 2 aromatic carbocycles. The van der Waals surface area contributed by atoms with Gasteiger partial charge in [0.05, 0.1) is 12.0 Å². The molecule has 2 aromatic rings. The molecule has 0 radical (unpaired) electrons. The molecule has 1 atom stereocenters. The van der Waals surface area contributed by atoms with Gasteiger partial charge in [0.25, 0.3) is 0 Å². The summed E-state index contributed by atoms with van der Waals surface area (Å²) in [6.45, 7) is 5.58. The molecule has 7 heteroatoms. The number of halogens is 3. The third kappa shape index (κ3) is 3.74. The highest BCUT2D eigenvalue weighted by molar-refractivity contribution is 5.92. The summed E-state index contributed by atoms with van der Waals surface area (Å²) in [5.74, 6) is 0.00317. The Morgan fingerprint density at radius 2 is 1.89 bits per heavy atom. The standard InChI is InChI=1S/C20H23F3N2O2/c1-4-11-27-15-10-6-8-13-7-5-9-14(16(13)15)17(20(21,22)23)25-12-19(2,3)18(26)24-25/h5-10,17H,4,11-12H2,1-3H3,(H,24,26)/t17-/m0/s1. The lowest BCUT2D eigenvalue weighted by Crippen LogP contribution is -2.43. The minimum absolute atomic E-state index is 0.0373. The molecule has 1 heterocycles. The number of carbonyl (C=O) groups is 1. The average molecular weight is 380 g/mol. The minimum atomic E-state index is -4.57. The summed E-state index contributed by atoms with van der Waals surface area (Å²) in [6, 6.07) is 8.06. The summed E-state index contributed by atoms with van der Waals surface area (Å²) in [5.41, 5.74) is 1.59. The number of fused-ring (bicyclic) bond motifs is 1. The van der Waals surface area contributed by atoms with Gasteiger partial charge in [0.1, 0.15) is 5.75 Å². The number of nitrogens with one attached hydrogen (secondary N) is 1. The Labute approximate surface area is 156 Å². The van der Waals surface area contributed by atoms with Crippen molar-refractivity contribution in [1.29, 1.82) is 0 Å². The minimum Gasteiger partial charge on any atom is -0.493 e. The van der Waals surface area contributed by atoms with Crippen molar-refractivity contribution in [3.63, 3.8) is 0 Å². The van der Waals surface area contributed by atoms with Crippen LogP contribution in [0.2, 0.25) is 0 Å². The summed E-state index contributed by atoms with van der Waals surface area (Å²) in [4.78, 5) is 12.1. The van der Waals surface area contributed by atoms with Crippen molar-refractivity contribution in [3.05, 3.63) is 42.0 Å². The number of amides is 1. The Morgan fingerprint density at radius 3 is 2.44 bits per heavy atom. The van der Waals surface area contributed by atoms with Gasteiger partial charge in [-0.3, -0.25) is 10.2 Å². The van der Waals surface area contributed by atoms with E-state index >= 15 is 0 Å². The van der Waals surface area contributed by atoms with Gasteiger partial charge in [-0.05, 0) is 37.3 Å². The number of carbonyl (C=O) groups excluding carboxylic acids is 1. The highest BCUT2D eigenvalue weighted by Crippen LogP contribution is 2.44. The van der Waals surface area contributed by atoms with Crippen LogP contribution in [-0.4, -0.2) is 30.2 Å². The molecule has 146 valence electrons. The first-order chi connectivity index (χ1) is 12.6. The maximum Gasteiger partial charge on any atom is 0.409 e. The fourth-order valence-corrected chi connectivity index (χ4v) is 3.39. The molecule has 0 aromatic heterocycles. The van der Waals surface area contributed by atoms with Crippen LogP contribution in [0.5, 0.6) is 5.75 Å². The fourth-order valence-electron chi connectivity index (χ4n) is 3.39. The van der Waals surface area contributed by atoms with Crippen molar-refractivity contribution in [3.8, 4) is 5.75 Å². The van der Waals surface area contributed by atoms with Crippen molar-refractivity contribution in [2.45, 2.75) is 39.4 Å². The molecule has 0 saturated carbocycles. The fraction of sp³-hybridized carbons (Fsp3) is 0.450. The summed E-state index contributed by atoms with van der Waals surface area (Å²) >= 11 is 0. The number of ether oxygens (including phenoxy) is 1. The molecular formula is C20H23F3N2O2. The Hall–Kier alpha value is -2.28. The number of hydrogen-bond acceptors (Lipinski definition) is 3. The average Bonchev–Trinajstić information content (AvgIpc) is 2.84. The van der Waals surface area contributed by atoms with E-state index < -0.39 is 23.5 Å². The van der Waals surface area contributed by atoms with Gasteiger partial charge in [0.15, 0.2) is 6.04 Å². The van der Waals surface area contributed by atoms with Crippen LogP contribution < -0.4 is 10.2 Å². The van der Waals surface area contributed by atoms with E-state index in [4.69, 9.17) is 4.74 Å². The molecule has 27 heavy (non-hydrogen) atoms. The van der Waals surface area contributed by atoms with Gasteiger partial charge in [0.2, 0.25) is 5.91 Å². The van der Waals surface area contributed by atoms with Gasteiger partial charge < -0.3 is 4.74 Å². The van der Waals surface area contributed by atoms with Crippen LogP contribution in [-0.2, 0) is 4.79 Å². The normalized spacial score (nSPS) is 18.5. The summed E-state index contributed by atoms with van der Waals surface area (Å²) in [6.07, 6.45) is -3.82. The predicted molar refractivity (Wildman–Crippen MR) is 97.2 cm³/mol. The van der Waals surface area contributed by atoms with Crippen LogP contribution in [0.15, 0.2) is 36.4 Å². The number of rotatable bonds is 5. The molecule has 1 aliphatic rings. The van der Waals surface area contributed by atoms with E-state index in [9.17, 15) is 18.0 Å². The SMILES string of the molecule is CCCOc1cccc2cccc([C@H](N3CC(C)(C)C(=O)N3)C(F)(F)F)c12. The highest BCUT2D eigenvalue weighted by atomic mass is 19.4. The maximum absolute atomic E-state index is 14.1. The Kier molecular flexibility index (Phi) is 5.08. The van der Waals surface area contributed by atoms with Crippen LogP contribution in [0.25, 0.3) is 10.8 Å². The maximum atomic E-state index is 14.1. The van der Waals surface area contributed by atoms with Crippen molar-refractivity contribution < 1.29 is 22.7 Å². The monoisotopic (exact) mass is 380 g/mol. The van der Waals surface area contributed by atoms with E-state index in [1.165, 1.54) is 6.07 Å². The molecule has 1 fully saturated rings. The van der Waals surface area contributed by atoms with Gasteiger partial charge in [-0.2, -0.15) is 13.2 Å². The largest absolute Gasteiger partial charge is 0.493 e. The van der Waals surface area contributed by atoms with Gasteiger partial charge >= 0.3 is 6.18 Å². The molecular weight excluding hydrogens is 357 g/mol. The third-order valence-corrected chi connectivity index (χ3v) is 4.70. The number of hydrazine groups is 1. The number of benzene rings is 2. The van der Waals surface area contributed by atoms with Crippen LogP contribution in [0, 0.1) is 5.41 Å². The molecule has 1 N–H and O–H groups in total. The van der Waals surface area contributed by atoms with Crippen LogP contribution >= 0.6 is 0 Å². The number of hydrogen-bond donors (Lipinski definition) is 1. The summed E-state index contributed by atoms with van der Waals surface area (Å²) in [5, 5.41) is 2.09. The van der Waals surface area contributed by atoms with Crippen LogP contribution in [0.4, 0.5) is 13.2 Å². The molecule has 4 nitrogen and oxygen atoms in total. The lowest BCUT2D eigenvalue weighted by molar-refractivity contribution is -0.191. The van der Waals surface area contributed by atoms with Gasteiger partial charge in [-0.15, -0.1) is 0 Å². The van der Waals surface area contributed by atoms with Crippen LogP contribution in [0.3, 0.4) is 0 Å². The lowest BCUT2D eigenvalue weighted by Gasteiger charge is -2.31. The van der Waals surface area contributed by atoms with Crippen molar-refractivity contribution in [2.24, 2.45) is 5.41 Å². The zero-order valence-electron chi connectivity index (χ0n) is 15.6. The van der Waals surface area contributed by atoms with Gasteiger partial charge in [-0.1, -0.05) is 37.3 Å². The molecule has 1 saturated heterocycles. The topological polar surface area (TPSA) is 41.6 Å². The molecule has 3 rings (SSSR count). The molecule has 0 unspecified atom stereocenters.